The van der Waals surface area contributed by atoms with Crippen LogP contribution >= 0.6 is 0 Å². The van der Waals surface area contributed by atoms with Crippen molar-refractivity contribution in [2.24, 2.45) is 5.73 Å². The SMILES string of the molecule is [B]c1ccc(CN)cc1. The van der Waals surface area contributed by atoms with Crippen LogP contribution in [0, 0.1) is 0 Å². The molecule has 2 radical (unpaired) electrons. The average Bonchev–Trinajstić information content (AvgIpc) is 1.90. The molecular formula is C7H8BN. The first-order valence-electron chi connectivity index (χ1n) is 2.87. The molecule has 0 aliphatic heterocycles. The summed E-state index contributed by atoms with van der Waals surface area (Å²) in [5.41, 5.74) is 7.26. The highest BCUT2D eigenvalue weighted by Crippen LogP contribution is 1.92. The zero-order valence-corrected chi connectivity index (χ0v) is 5.17. The van der Waals surface area contributed by atoms with Crippen molar-refractivity contribution in [1.82, 2.24) is 0 Å². The van der Waals surface area contributed by atoms with E-state index >= 15 is 0 Å². The second-order valence-electron chi connectivity index (χ2n) is 1.95. The molecule has 0 unspecified atom stereocenters. The summed E-state index contributed by atoms with van der Waals surface area (Å²) in [7, 11) is 5.44. The molecule has 1 rings (SSSR count). The molecule has 0 bridgehead atoms. The predicted octanol–water partition coefficient (Wildman–Crippen LogP) is -0.0609. The van der Waals surface area contributed by atoms with Crippen LogP contribution < -0.4 is 11.2 Å². The van der Waals surface area contributed by atoms with Gasteiger partial charge in [0.1, 0.15) is 7.85 Å². The van der Waals surface area contributed by atoms with Gasteiger partial charge in [0.15, 0.2) is 0 Å². The van der Waals surface area contributed by atoms with Crippen LogP contribution in [0.15, 0.2) is 24.3 Å². The molecule has 1 aromatic rings. The topological polar surface area (TPSA) is 26.0 Å². The Balaban J connectivity index is 2.88. The van der Waals surface area contributed by atoms with Gasteiger partial charge in [-0.25, -0.2) is 0 Å². The lowest BCUT2D eigenvalue weighted by molar-refractivity contribution is 1.07. The normalized spacial score (nSPS) is 9.44. The first-order chi connectivity index (χ1) is 4.33. The summed E-state index contributed by atoms with van der Waals surface area (Å²) in [5, 5.41) is 0. The van der Waals surface area contributed by atoms with Gasteiger partial charge in [0.2, 0.25) is 0 Å². The quantitative estimate of drug-likeness (QED) is 0.512. The van der Waals surface area contributed by atoms with Crippen LogP contribution in [0.4, 0.5) is 0 Å². The summed E-state index contributed by atoms with van der Waals surface area (Å²) >= 11 is 0. The second kappa shape index (κ2) is 2.69. The molecule has 0 atom stereocenters. The maximum Gasteiger partial charge on any atom is 0.113 e. The molecule has 1 nitrogen and oxygen atoms in total. The molecule has 9 heavy (non-hydrogen) atoms. The van der Waals surface area contributed by atoms with Crippen LogP contribution in [0.25, 0.3) is 0 Å². The van der Waals surface area contributed by atoms with Crippen molar-refractivity contribution in [2.75, 3.05) is 0 Å². The van der Waals surface area contributed by atoms with E-state index in [-0.39, 0.29) is 0 Å². The molecule has 0 saturated carbocycles. The van der Waals surface area contributed by atoms with Crippen molar-refractivity contribution in [3.05, 3.63) is 29.8 Å². The Bertz CT molecular complexity index is 181. The molecule has 0 aliphatic carbocycles. The molecule has 0 fully saturated rings. The third-order valence-electron chi connectivity index (χ3n) is 1.22. The lowest BCUT2D eigenvalue weighted by Gasteiger charge is -1.94. The molecule has 0 saturated heterocycles. The van der Waals surface area contributed by atoms with Crippen LogP contribution in [0.5, 0.6) is 0 Å². The molecule has 0 amide bonds. The second-order valence-corrected chi connectivity index (χ2v) is 1.95. The molecule has 1 aromatic carbocycles. The third-order valence-corrected chi connectivity index (χ3v) is 1.22. The van der Waals surface area contributed by atoms with Crippen molar-refractivity contribution >= 4 is 13.3 Å². The van der Waals surface area contributed by atoms with E-state index in [1.807, 2.05) is 24.3 Å². The number of nitrogens with two attached hydrogens (primary N) is 1. The Morgan fingerprint density at radius 2 is 1.78 bits per heavy atom. The maximum atomic E-state index is 5.44. The molecule has 0 spiro atoms. The number of hydrogen-bond acceptors (Lipinski definition) is 1. The summed E-state index contributed by atoms with van der Waals surface area (Å²) in [6.45, 7) is 0.584. The predicted molar refractivity (Wildman–Crippen MR) is 39.7 cm³/mol. The van der Waals surface area contributed by atoms with Gasteiger partial charge < -0.3 is 5.73 Å². The van der Waals surface area contributed by atoms with Gasteiger partial charge in [0.25, 0.3) is 0 Å². The fourth-order valence-corrected chi connectivity index (χ4v) is 0.654. The minimum absolute atomic E-state index is 0.584. The fraction of sp³-hybridized carbons (Fsp3) is 0.143. The van der Waals surface area contributed by atoms with Crippen LogP contribution in [0.2, 0.25) is 0 Å². The summed E-state index contributed by atoms with van der Waals surface area (Å²) < 4.78 is 0. The summed E-state index contributed by atoms with van der Waals surface area (Å²) in [6, 6.07) is 7.55. The van der Waals surface area contributed by atoms with E-state index in [1.165, 1.54) is 0 Å². The third kappa shape index (κ3) is 1.58. The summed E-state index contributed by atoms with van der Waals surface area (Å²) in [4.78, 5) is 0. The standard InChI is InChI=1S/C7H8BN/c8-7-3-1-6(5-9)2-4-7/h1-4H,5,9H2. The minimum Gasteiger partial charge on any atom is -0.326 e. The van der Waals surface area contributed by atoms with Crippen molar-refractivity contribution in [1.29, 1.82) is 0 Å². The summed E-state index contributed by atoms with van der Waals surface area (Å²) in [5.74, 6) is 0. The van der Waals surface area contributed by atoms with Crippen LogP contribution in [-0.4, -0.2) is 7.85 Å². The van der Waals surface area contributed by atoms with Crippen LogP contribution in [0.3, 0.4) is 0 Å². The van der Waals surface area contributed by atoms with E-state index in [1.54, 1.807) is 0 Å². The molecular weight excluding hydrogens is 109 g/mol. The lowest BCUT2D eigenvalue weighted by Crippen LogP contribution is -2.02. The highest BCUT2D eigenvalue weighted by atomic mass is 14.5. The molecule has 0 heterocycles. The van der Waals surface area contributed by atoms with Gasteiger partial charge in [-0.1, -0.05) is 29.7 Å². The van der Waals surface area contributed by atoms with Gasteiger partial charge in [-0.2, -0.15) is 0 Å². The zero-order chi connectivity index (χ0) is 6.69. The maximum absolute atomic E-state index is 5.44. The van der Waals surface area contributed by atoms with Gasteiger partial charge in [0, 0.05) is 6.54 Å². The monoisotopic (exact) mass is 117 g/mol. The highest BCUT2D eigenvalue weighted by Gasteiger charge is 1.84. The van der Waals surface area contributed by atoms with E-state index in [0.29, 0.717) is 6.54 Å². The number of benzene rings is 1. The number of rotatable bonds is 1. The molecule has 0 aromatic heterocycles. The number of hydrogen-bond donors (Lipinski definition) is 1. The van der Waals surface area contributed by atoms with Gasteiger partial charge in [0.05, 0.1) is 0 Å². The molecule has 44 valence electrons. The summed E-state index contributed by atoms with van der Waals surface area (Å²) in [6.07, 6.45) is 0. The average molecular weight is 117 g/mol. The van der Waals surface area contributed by atoms with E-state index in [0.717, 1.165) is 11.0 Å². The van der Waals surface area contributed by atoms with Crippen molar-refractivity contribution in [3.8, 4) is 0 Å². The Hall–Kier alpha value is -0.755. The van der Waals surface area contributed by atoms with Crippen LogP contribution in [-0.2, 0) is 6.54 Å². The Morgan fingerprint density at radius 3 is 2.22 bits per heavy atom. The Kier molecular flexibility index (Phi) is 1.90. The van der Waals surface area contributed by atoms with Crippen molar-refractivity contribution < 1.29 is 0 Å². The van der Waals surface area contributed by atoms with Crippen LogP contribution in [0.1, 0.15) is 5.56 Å². The molecule has 2 heteroatoms. The van der Waals surface area contributed by atoms with Gasteiger partial charge in [-0.15, -0.1) is 0 Å². The Labute approximate surface area is 56.3 Å². The smallest absolute Gasteiger partial charge is 0.113 e. The van der Waals surface area contributed by atoms with Gasteiger partial charge in [-0.3, -0.25) is 0 Å². The Morgan fingerprint density at radius 1 is 1.22 bits per heavy atom. The van der Waals surface area contributed by atoms with Gasteiger partial charge in [-0.05, 0) is 5.56 Å². The zero-order valence-electron chi connectivity index (χ0n) is 5.17. The molecule has 2 N–H and O–H groups in total. The van der Waals surface area contributed by atoms with E-state index in [4.69, 9.17) is 13.6 Å². The fourth-order valence-electron chi connectivity index (χ4n) is 0.654. The first-order valence-corrected chi connectivity index (χ1v) is 2.87. The van der Waals surface area contributed by atoms with E-state index in [9.17, 15) is 0 Å². The first kappa shape index (κ1) is 6.37. The van der Waals surface area contributed by atoms with Crippen molar-refractivity contribution in [2.45, 2.75) is 6.54 Å². The van der Waals surface area contributed by atoms with Crippen molar-refractivity contribution in [3.63, 3.8) is 0 Å². The van der Waals surface area contributed by atoms with Gasteiger partial charge >= 0.3 is 0 Å². The lowest BCUT2D eigenvalue weighted by atomic mass is 9.95. The largest absolute Gasteiger partial charge is 0.326 e. The minimum atomic E-state index is 0.584. The molecule has 0 aliphatic rings. The highest BCUT2D eigenvalue weighted by molar-refractivity contribution is 6.32. The van der Waals surface area contributed by atoms with E-state index in [2.05, 4.69) is 0 Å². The van der Waals surface area contributed by atoms with E-state index < -0.39 is 0 Å².